The Kier molecular flexibility index (Phi) is 2.30. The summed E-state index contributed by atoms with van der Waals surface area (Å²) in [6, 6.07) is 11.7. The van der Waals surface area contributed by atoms with E-state index in [0.29, 0.717) is 5.69 Å². The van der Waals surface area contributed by atoms with Crippen molar-refractivity contribution in [3.05, 3.63) is 36.4 Å². The average molecular weight is 238 g/mol. The smallest absolute Gasteiger partial charge is 0.0915 e. The van der Waals surface area contributed by atoms with Crippen molar-refractivity contribution in [3.63, 3.8) is 0 Å². The predicted octanol–water partition coefficient (Wildman–Crippen LogP) is 2.43. The van der Waals surface area contributed by atoms with Crippen LogP contribution >= 0.6 is 0 Å². The first kappa shape index (κ1) is 10.8. The molecular formula is C14H14N4. The number of hydrogen-bond acceptors (Lipinski definition) is 4. The molecule has 0 fully saturated rings. The molecule has 0 bridgehead atoms. The van der Waals surface area contributed by atoms with E-state index in [1.807, 2.05) is 55.4 Å². The number of hydrogen-bond donors (Lipinski definition) is 1. The number of benzene rings is 2. The van der Waals surface area contributed by atoms with Crippen LogP contribution in [0.5, 0.6) is 0 Å². The zero-order chi connectivity index (χ0) is 12.7. The van der Waals surface area contributed by atoms with Gasteiger partial charge in [0.05, 0.1) is 22.1 Å². The van der Waals surface area contributed by atoms with Crippen LogP contribution in [0.1, 0.15) is 0 Å². The highest BCUT2D eigenvalue weighted by Gasteiger charge is 2.04. The molecule has 0 aliphatic rings. The Morgan fingerprint density at radius 1 is 0.833 bits per heavy atom. The normalized spacial score (nSPS) is 11.0. The van der Waals surface area contributed by atoms with Crippen molar-refractivity contribution >= 4 is 33.4 Å². The minimum absolute atomic E-state index is 0.708. The van der Waals surface area contributed by atoms with E-state index in [9.17, 15) is 0 Å². The topological polar surface area (TPSA) is 55.0 Å². The Labute approximate surface area is 105 Å². The van der Waals surface area contributed by atoms with Gasteiger partial charge in [0.1, 0.15) is 0 Å². The molecule has 3 rings (SSSR count). The molecule has 4 heteroatoms. The summed E-state index contributed by atoms with van der Waals surface area (Å²) in [4.78, 5) is 11.2. The van der Waals surface area contributed by atoms with Gasteiger partial charge in [-0.25, -0.2) is 9.97 Å². The highest BCUT2D eigenvalue weighted by molar-refractivity contribution is 5.89. The minimum atomic E-state index is 0.708. The van der Waals surface area contributed by atoms with Gasteiger partial charge in [-0.05, 0) is 36.4 Å². The zero-order valence-electron chi connectivity index (χ0n) is 10.4. The molecule has 0 saturated heterocycles. The number of nitrogens with zero attached hydrogens (tertiary/aromatic N) is 3. The monoisotopic (exact) mass is 238 g/mol. The van der Waals surface area contributed by atoms with Gasteiger partial charge in [0.15, 0.2) is 0 Å². The lowest BCUT2D eigenvalue weighted by Crippen LogP contribution is -2.08. The summed E-state index contributed by atoms with van der Waals surface area (Å²) in [5, 5.41) is 0. The van der Waals surface area contributed by atoms with Gasteiger partial charge < -0.3 is 10.6 Å². The molecular weight excluding hydrogens is 224 g/mol. The Morgan fingerprint density at radius 2 is 1.44 bits per heavy atom. The van der Waals surface area contributed by atoms with Crippen LogP contribution in [-0.2, 0) is 0 Å². The highest BCUT2D eigenvalue weighted by Crippen LogP contribution is 2.21. The van der Waals surface area contributed by atoms with E-state index >= 15 is 0 Å². The third kappa shape index (κ3) is 1.72. The van der Waals surface area contributed by atoms with E-state index < -0.39 is 0 Å². The number of nitrogens with two attached hydrogens (primary N) is 1. The molecule has 90 valence electrons. The average Bonchev–Trinajstić information content (AvgIpc) is 2.35. The van der Waals surface area contributed by atoms with Crippen molar-refractivity contribution in [1.29, 1.82) is 0 Å². The second-order valence-electron chi connectivity index (χ2n) is 4.54. The fourth-order valence-electron chi connectivity index (χ4n) is 1.96. The van der Waals surface area contributed by atoms with Gasteiger partial charge in [-0.15, -0.1) is 0 Å². The standard InChI is InChI=1S/C14H14N4/c1-18(2)10-4-6-12-14(8-10)17-13-7-9(15)3-5-11(13)16-12/h3-8H,15H2,1-2H3. The van der Waals surface area contributed by atoms with Crippen LogP contribution in [0.25, 0.3) is 22.1 Å². The Morgan fingerprint density at radius 3 is 2.17 bits per heavy atom. The molecule has 2 aromatic carbocycles. The molecule has 0 radical (unpaired) electrons. The van der Waals surface area contributed by atoms with E-state index in [1.165, 1.54) is 0 Å². The van der Waals surface area contributed by atoms with E-state index in [0.717, 1.165) is 27.8 Å². The van der Waals surface area contributed by atoms with Gasteiger partial charge in [-0.3, -0.25) is 0 Å². The molecule has 2 N–H and O–H groups in total. The maximum absolute atomic E-state index is 5.77. The Balaban J connectivity index is 2.31. The maximum Gasteiger partial charge on any atom is 0.0915 e. The predicted molar refractivity (Wildman–Crippen MR) is 75.8 cm³/mol. The number of anilines is 2. The lowest BCUT2D eigenvalue weighted by Gasteiger charge is -2.12. The minimum Gasteiger partial charge on any atom is -0.399 e. The summed E-state index contributed by atoms with van der Waals surface area (Å²) < 4.78 is 0. The lowest BCUT2D eigenvalue weighted by molar-refractivity contribution is 1.13. The van der Waals surface area contributed by atoms with Gasteiger partial charge in [-0.2, -0.15) is 0 Å². The maximum atomic E-state index is 5.77. The van der Waals surface area contributed by atoms with Gasteiger partial charge in [0.2, 0.25) is 0 Å². The summed E-state index contributed by atoms with van der Waals surface area (Å²) in [6.45, 7) is 0. The van der Waals surface area contributed by atoms with Gasteiger partial charge in [0, 0.05) is 25.5 Å². The molecule has 1 heterocycles. The Bertz CT molecular complexity index is 734. The molecule has 3 aromatic rings. The van der Waals surface area contributed by atoms with Gasteiger partial charge in [-0.1, -0.05) is 0 Å². The molecule has 0 unspecified atom stereocenters. The van der Waals surface area contributed by atoms with Gasteiger partial charge in [0.25, 0.3) is 0 Å². The molecule has 0 aliphatic heterocycles. The number of nitrogen functional groups attached to an aromatic ring is 1. The second-order valence-corrected chi connectivity index (χ2v) is 4.54. The van der Waals surface area contributed by atoms with Crippen molar-refractivity contribution in [1.82, 2.24) is 9.97 Å². The summed E-state index contributed by atoms with van der Waals surface area (Å²) in [6.07, 6.45) is 0. The largest absolute Gasteiger partial charge is 0.399 e. The molecule has 0 amide bonds. The summed E-state index contributed by atoms with van der Waals surface area (Å²) >= 11 is 0. The summed E-state index contributed by atoms with van der Waals surface area (Å²) in [5.74, 6) is 0. The molecule has 0 spiro atoms. The lowest BCUT2D eigenvalue weighted by atomic mass is 10.2. The molecule has 0 aliphatic carbocycles. The van der Waals surface area contributed by atoms with Crippen LogP contribution in [0.2, 0.25) is 0 Å². The van der Waals surface area contributed by atoms with E-state index in [2.05, 4.69) is 9.97 Å². The van der Waals surface area contributed by atoms with Crippen LogP contribution < -0.4 is 10.6 Å². The van der Waals surface area contributed by atoms with Gasteiger partial charge >= 0.3 is 0 Å². The van der Waals surface area contributed by atoms with Crippen LogP contribution in [0, 0.1) is 0 Å². The number of fused-ring (bicyclic) bond motifs is 2. The molecule has 0 atom stereocenters. The van der Waals surface area contributed by atoms with Crippen LogP contribution in [-0.4, -0.2) is 24.1 Å². The molecule has 0 saturated carbocycles. The number of aromatic nitrogens is 2. The van der Waals surface area contributed by atoms with Crippen LogP contribution in [0.15, 0.2) is 36.4 Å². The molecule has 18 heavy (non-hydrogen) atoms. The SMILES string of the molecule is CN(C)c1ccc2nc3ccc(N)cc3nc2c1. The first-order valence-corrected chi connectivity index (χ1v) is 5.78. The van der Waals surface area contributed by atoms with Crippen LogP contribution in [0.3, 0.4) is 0 Å². The first-order chi connectivity index (χ1) is 8.63. The summed E-state index contributed by atoms with van der Waals surface area (Å²) in [7, 11) is 4.02. The van der Waals surface area contributed by atoms with Crippen molar-refractivity contribution in [2.75, 3.05) is 24.7 Å². The van der Waals surface area contributed by atoms with Crippen molar-refractivity contribution in [3.8, 4) is 0 Å². The summed E-state index contributed by atoms with van der Waals surface area (Å²) in [5.41, 5.74) is 11.1. The quantitative estimate of drug-likeness (QED) is 0.522. The van der Waals surface area contributed by atoms with E-state index in [1.54, 1.807) is 0 Å². The zero-order valence-corrected chi connectivity index (χ0v) is 10.4. The van der Waals surface area contributed by atoms with Crippen molar-refractivity contribution < 1.29 is 0 Å². The first-order valence-electron chi connectivity index (χ1n) is 5.78. The van der Waals surface area contributed by atoms with E-state index in [4.69, 9.17) is 5.73 Å². The molecule has 4 nitrogen and oxygen atoms in total. The number of rotatable bonds is 1. The Hall–Kier alpha value is -2.36. The van der Waals surface area contributed by atoms with E-state index in [-0.39, 0.29) is 0 Å². The van der Waals surface area contributed by atoms with Crippen LogP contribution in [0.4, 0.5) is 11.4 Å². The van der Waals surface area contributed by atoms with Crippen molar-refractivity contribution in [2.45, 2.75) is 0 Å². The third-order valence-corrected chi connectivity index (χ3v) is 2.96. The fourth-order valence-corrected chi connectivity index (χ4v) is 1.96. The molecule has 1 aromatic heterocycles. The second kappa shape index (κ2) is 3.84. The third-order valence-electron chi connectivity index (χ3n) is 2.96. The fraction of sp³-hybridized carbons (Fsp3) is 0.143. The van der Waals surface area contributed by atoms with Crippen molar-refractivity contribution in [2.24, 2.45) is 0 Å². The highest BCUT2D eigenvalue weighted by atomic mass is 15.1.